The molecule has 3 fully saturated rings. The van der Waals surface area contributed by atoms with Crippen molar-refractivity contribution in [2.24, 2.45) is 11.7 Å². The van der Waals surface area contributed by atoms with Gasteiger partial charge >= 0.3 is 5.97 Å². The van der Waals surface area contributed by atoms with E-state index in [2.05, 4.69) is 26.3 Å². The van der Waals surface area contributed by atoms with Crippen LogP contribution in [-0.4, -0.2) is 64.8 Å². The number of amides is 1. The summed E-state index contributed by atoms with van der Waals surface area (Å²) in [5.74, 6) is 0.617. The Bertz CT molecular complexity index is 1390. The van der Waals surface area contributed by atoms with E-state index in [0.717, 1.165) is 79.0 Å². The van der Waals surface area contributed by atoms with Crippen LogP contribution >= 0.6 is 0 Å². The number of anilines is 2. The molecule has 2 saturated heterocycles. The highest BCUT2D eigenvalue weighted by atomic mass is 16.6. The van der Waals surface area contributed by atoms with Crippen molar-refractivity contribution in [1.29, 1.82) is 0 Å². The van der Waals surface area contributed by atoms with Crippen LogP contribution in [0, 0.1) is 5.92 Å². The molecule has 1 aliphatic carbocycles. The average molecular weight is 559 g/mol. The van der Waals surface area contributed by atoms with Crippen molar-refractivity contribution in [3.8, 4) is 11.3 Å². The minimum absolute atomic E-state index is 0.264. The standard InChI is InChI=1S/C31H38N6O4/c32-30(39)31(10-2-1-3-11-31)41-29(38)21-6-14-37(15-7-21)28-25-5-12-33-20-23(25)18-26(36-28)22-4-13-34-27(19-22)35-24-8-16-40-17-9-24/h4-5,12-13,18-21,24H,1-3,6-11,14-17H2,(H2,32,39)(H,34,35). The van der Waals surface area contributed by atoms with Gasteiger partial charge in [-0.05, 0) is 75.6 Å². The number of carbonyl (C=O) groups excluding carboxylic acids is 2. The fraction of sp³-hybridized carbons (Fsp3) is 0.516. The third-order valence-electron chi connectivity index (χ3n) is 8.77. The first-order valence-electron chi connectivity index (χ1n) is 14.8. The van der Waals surface area contributed by atoms with Crippen molar-refractivity contribution in [1.82, 2.24) is 15.0 Å². The average Bonchev–Trinajstić information content (AvgIpc) is 3.01. The number of esters is 1. The summed E-state index contributed by atoms with van der Waals surface area (Å²) < 4.78 is 11.3. The number of nitrogens with two attached hydrogens (primary N) is 1. The molecule has 0 unspecified atom stereocenters. The van der Waals surface area contributed by atoms with Crippen LogP contribution in [0.15, 0.2) is 42.9 Å². The predicted octanol–water partition coefficient (Wildman–Crippen LogP) is 4.23. The summed E-state index contributed by atoms with van der Waals surface area (Å²) in [6.45, 7) is 2.84. The van der Waals surface area contributed by atoms with E-state index in [1.54, 1.807) is 6.20 Å². The molecule has 1 saturated carbocycles. The lowest BCUT2D eigenvalue weighted by Crippen LogP contribution is -2.50. The van der Waals surface area contributed by atoms with Crippen LogP contribution in [-0.2, 0) is 19.1 Å². The fourth-order valence-electron chi connectivity index (χ4n) is 6.31. The van der Waals surface area contributed by atoms with Crippen LogP contribution < -0.4 is 16.0 Å². The number of hydrogen-bond acceptors (Lipinski definition) is 9. The monoisotopic (exact) mass is 558 g/mol. The lowest BCUT2D eigenvalue weighted by molar-refractivity contribution is -0.175. The van der Waals surface area contributed by atoms with Gasteiger partial charge in [0.05, 0.1) is 11.6 Å². The molecule has 0 atom stereocenters. The van der Waals surface area contributed by atoms with Crippen molar-refractivity contribution in [3.63, 3.8) is 0 Å². The summed E-state index contributed by atoms with van der Waals surface area (Å²) in [5, 5.41) is 5.57. The van der Waals surface area contributed by atoms with Gasteiger partial charge in [0.15, 0.2) is 5.60 Å². The molecule has 3 aromatic heterocycles. The van der Waals surface area contributed by atoms with E-state index in [1.807, 2.05) is 30.6 Å². The molecule has 0 radical (unpaired) electrons. The number of nitrogens with one attached hydrogen (secondary N) is 1. The van der Waals surface area contributed by atoms with E-state index in [4.69, 9.17) is 20.2 Å². The zero-order valence-corrected chi connectivity index (χ0v) is 23.4. The number of hydrogen-bond donors (Lipinski definition) is 2. The molecule has 1 amide bonds. The zero-order valence-electron chi connectivity index (χ0n) is 23.4. The summed E-state index contributed by atoms with van der Waals surface area (Å²) in [5.41, 5.74) is 6.38. The van der Waals surface area contributed by atoms with Crippen LogP contribution in [0.2, 0.25) is 0 Å². The van der Waals surface area contributed by atoms with Crippen molar-refractivity contribution >= 4 is 34.3 Å². The summed E-state index contributed by atoms with van der Waals surface area (Å²) >= 11 is 0. The number of piperidine rings is 1. The molecule has 0 spiro atoms. The van der Waals surface area contributed by atoms with Crippen LogP contribution in [0.25, 0.3) is 22.0 Å². The Hall–Kier alpha value is -3.79. The van der Waals surface area contributed by atoms with Gasteiger partial charge < -0.3 is 25.4 Å². The predicted molar refractivity (Wildman–Crippen MR) is 156 cm³/mol. The highest BCUT2D eigenvalue weighted by Crippen LogP contribution is 2.35. The second kappa shape index (κ2) is 12.0. The number of nitrogens with zero attached hydrogens (tertiary/aromatic N) is 4. The Balaban J connectivity index is 1.19. The van der Waals surface area contributed by atoms with Gasteiger partial charge in [-0.3, -0.25) is 14.6 Å². The van der Waals surface area contributed by atoms with Crippen LogP contribution in [0.3, 0.4) is 0 Å². The summed E-state index contributed by atoms with van der Waals surface area (Å²) in [6.07, 6.45) is 12.4. The first-order chi connectivity index (χ1) is 20.0. The number of fused-ring (bicyclic) bond motifs is 1. The Kier molecular flexibility index (Phi) is 8.00. The van der Waals surface area contributed by atoms with E-state index < -0.39 is 11.5 Å². The Labute approximate surface area is 240 Å². The topological polar surface area (TPSA) is 133 Å². The van der Waals surface area contributed by atoms with E-state index in [-0.39, 0.29) is 11.9 Å². The third kappa shape index (κ3) is 5.98. The summed E-state index contributed by atoms with van der Waals surface area (Å²) in [4.78, 5) is 41.7. The molecule has 41 heavy (non-hydrogen) atoms. The molecule has 0 bridgehead atoms. The maximum atomic E-state index is 13.2. The fourth-order valence-corrected chi connectivity index (χ4v) is 6.31. The molecule has 216 valence electrons. The van der Waals surface area contributed by atoms with Gasteiger partial charge in [-0.15, -0.1) is 0 Å². The SMILES string of the molecule is NC(=O)C1(OC(=O)C2CCN(c3nc(-c4ccnc(NC5CCOCC5)c4)cc4cnccc34)CC2)CCCCC1. The summed E-state index contributed by atoms with van der Waals surface area (Å²) in [7, 11) is 0. The van der Waals surface area contributed by atoms with E-state index in [9.17, 15) is 9.59 Å². The molecule has 3 aromatic rings. The lowest BCUT2D eigenvalue weighted by atomic mass is 9.83. The van der Waals surface area contributed by atoms with Gasteiger partial charge in [0.1, 0.15) is 11.6 Å². The number of pyridine rings is 3. The van der Waals surface area contributed by atoms with Crippen LogP contribution in [0.5, 0.6) is 0 Å². The van der Waals surface area contributed by atoms with Crippen molar-refractivity contribution in [2.75, 3.05) is 36.5 Å². The van der Waals surface area contributed by atoms with E-state index >= 15 is 0 Å². The third-order valence-corrected chi connectivity index (χ3v) is 8.77. The molecule has 0 aromatic carbocycles. The van der Waals surface area contributed by atoms with Crippen LogP contribution in [0.1, 0.15) is 57.8 Å². The number of primary amides is 1. The molecule has 6 rings (SSSR count). The maximum absolute atomic E-state index is 13.2. The molecular formula is C31H38N6O4. The van der Waals surface area contributed by atoms with Crippen molar-refractivity contribution in [3.05, 3.63) is 42.9 Å². The molecule has 10 heteroatoms. The zero-order chi connectivity index (χ0) is 28.2. The van der Waals surface area contributed by atoms with Gasteiger partial charge in [-0.25, -0.2) is 9.97 Å². The smallest absolute Gasteiger partial charge is 0.310 e. The van der Waals surface area contributed by atoms with Gasteiger partial charge in [0.2, 0.25) is 0 Å². The molecule has 5 heterocycles. The molecule has 10 nitrogen and oxygen atoms in total. The van der Waals surface area contributed by atoms with Crippen molar-refractivity contribution in [2.45, 2.75) is 69.4 Å². The van der Waals surface area contributed by atoms with Gasteiger partial charge in [-0.2, -0.15) is 0 Å². The highest BCUT2D eigenvalue weighted by Gasteiger charge is 2.43. The number of carbonyl (C=O) groups is 2. The quantitative estimate of drug-likeness (QED) is 0.409. The molecule has 3 N–H and O–H groups in total. The lowest BCUT2D eigenvalue weighted by Gasteiger charge is -2.37. The van der Waals surface area contributed by atoms with Gasteiger partial charge in [0, 0.05) is 67.3 Å². The minimum atomic E-state index is -1.14. The molecule has 3 aliphatic rings. The Morgan fingerprint density at radius 1 is 1.02 bits per heavy atom. The Morgan fingerprint density at radius 2 is 1.80 bits per heavy atom. The number of ether oxygens (including phenoxy) is 2. The highest BCUT2D eigenvalue weighted by molar-refractivity contribution is 5.94. The largest absolute Gasteiger partial charge is 0.449 e. The second-order valence-electron chi connectivity index (χ2n) is 11.5. The first kappa shape index (κ1) is 27.4. The normalized spacial score (nSPS) is 20.0. The molecular weight excluding hydrogens is 520 g/mol. The maximum Gasteiger partial charge on any atom is 0.310 e. The molecule has 2 aliphatic heterocycles. The first-order valence-corrected chi connectivity index (χ1v) is 14.8. The summed E-state index contributed by atoms with van der Waals surface area (Å²) in [6, 6.07) is 8.43. The van der Waals surface area contributed by atoms with E-state index in [1.165, 1.54) is 0 Å². The minimum Gasteiger partial charge on any atom is -0.449 e. The van der Waals surface area contributed by atoms with Gasteiger partial charge in [0.25, 0.3) is 5.91 Å². The number of rotatable bonds is 7. The van der Waals surface area contributed by atoms with Crippen LogP contribution in [0.4, 0.5) is 11.6 Å². The second-order valence-corrected chi connectivity index (χ2v) is 11.5. The van der Waals surface area contributed by atoms with Crippen molar-refractivity contribution < 1.29 is 19.1 Å². The number of aromatic nitrogens is 3. The Morgan fingerprint density at radius 3 is 2.56 bits per heavy atom. The van der Waals surface area contributed by atoms with Gasteiger partial charge in [-0.1, -0.05) is 6.42 Å². The van der Waals surface area contributed by atoms with E-state index in [0.29, 0.717) is 44.8 Å².